The third kappa shape index (κ3) is 4.91. The van der Waals surface area contributed by atoms with E-state index in [2.05, 4.69) is 5.32 Å². The van der Waals surface area contributed by atoms with Gasteiger partial charge < -0.3 is 31.5 Å². The van der Waals surface area contributed by atoms with Crippen LogP contribution in [0.15, 0.2) is 0 Å². The summed E-state index contributed by atoms with van der Waals surface area (Å²) in [6.45, 7) is 0.588. The molecule has 0 radical (unpaired) electrons. The predicted molar refractivity (Wildman–Crippen MR) is 73.3 cm³/mol. The highest BCUT2D eigenvalue weighted by atomic mass is 16.4. The minimum atomic E-state index is -1.51. The Morgan fingerprint density at radius 2 is 1.86 bits per heavy atom. The fourth-order valence-corrected chi connectivity index (χ4v) is 2.15. The number of rotatable bonds is 10. The summed E-state index contributed by atoms with van der Waals surface area (Å²) < 4.78 is 0. The average Bonchev–Trinajstić information content (AvgIpc) is 2.38. The molecular formula is C12H21N3O7. The second kappa shape index (κ2) is 8.03. The Labute approximate surface area is 126 Å². The first kappa shape index (κ1) is 18.3. The van der Waals surface area contributed by atoms with Gasteiger partial charge in [0.2, 0.25) is 0 Å². The van der Waals surface area contributed by atoms with Crippen molar-refractivity contribution in [2.75, 3.05) is 19.6 Å². The van der Waals surface area contributed by atoms with Crippen LogP contribution >= 0.6 is 0 Å². The molecule has 4 atom stereocenters. The molecule has 0 spiro atoms. The number of likely N-dealkylation sites (tertiary alicyclic amines) is 1. The summed E-state index contributed by atoms with van der Waals surface area (Å²) in [6.07, 6.45) is -0.754. The fraction of sp³-hybridized carbons (Fsp3) is 0.750. The number of aliphatic hydroxyl groups is 1. The highest BCUT2D eigenvalue weighted by Crippen LogP contribution is 2.17. The molecule has 4 unspecified atom stereocenters. The summed E-state index contributed by atoms with van der Waals surface area (Å²) in [4.78, 5) is 34.2. The van der Waals surface area contributed by atoms with Gasteiger partial charge in [0.05, 0.1) is 6.10 Å². The second-order valence-corrected chi connectivity index (χ2v) is 5.20. The van der Waals surface area contributed by atoms with Gasteiger partial charge in [-0.3, -0.25) is 19.3 Å². The van der Waals surface area contributed by atoms with Crippen LogP contribution in [0, 0.1) is 0 Å². The van der Waals surface area contributed by atoms with Crippen LogP contribution < -0.4 is 11.1 Å². The predicted octanol–water partition coefficient (Wildman–Crippen LogP) is -2.65. The van der Waals surface area contributed by atoms with Crippen molar-refractivity contribution in [2.24, 2.45) is 5.73 Å². The maximum atomic E-state index is 11.1. The number of aliphatic carboxylic acids is 3. The number of nitrogens with zero attached hydrogens (tertiary/aromatic N) is 1. The zero-order chi connectivity index (χ0) is 16.9. The molecule has 1 aliphatic heterocycles. The van der Waals surface area contributed by atoms with Crippen molar-refractivity contribution in [1.29, 1.82) is 0 Å². The normalized spacial score (nSPS) is 22.4. The first-order valence-electron chi connectivity index (χ1n) is 6.83. The number of carboxylic acid groups (broad SMARTS) is 3. The Morgan fingerprint density at radius 1 is 1.23 bits per heavy atom. The highest BCUT2D eigenvalue weighted by molar-refractivity contribution is 5.75. The van der Waals surface area contributed by atoms with Crippen molar-refractivity contribution < 1.29 is 34.8 Å². The number of carbonyl (C=O) groups is 3. The van der Waals surface area contributed by atoms with Gasteiger partial charge in [-0.15, -0.1) is 0 Å². The largest absolute Gasteiger partial charge is 0.480 e. The molecule has 1 aliphatic rings. The Hall–Kier alpha value is -1.75. The minimum Gasteiger partial charge on any atom is -0.480 e. The molecule has 1 rings (SSSR count). The quantitative estimate of drug-likeness (QED) is 0.249. The molecule has 126 valence electrons. The monoisotopic (exact) mass is 319 g/mol. The van der Waals surface area contributed by atoms with Crippen LogP contribution in [0.2, 0.25) is 0 Å². The molecule has 0 bridgehead atoms. The molecule has 0 aromatic carbocycles. The van der Waals surface area contributed by atoms with Crippen molar-refractivity contribution in [2.45, 2.75) is 37.1 Å². The SMILES string of the molecule is NC(C(=O)O)C(O)CNC(CCN1CCC1C(=O)O)C(=O)O. The van der Waals surface area contributed by atoms with Crippen molar-refractivity contribution in [3.8, 4) is 0 Å². The first-order valence-corrected chi connectivity index (χ1v) is 6.83. The van der Waals surface area contributed by atoms with Gasteiger partial charge in [-0.05, 0) is 12.8 Å². The van der Waals surface area contributed by atoms with Crippen molar-refractivity contribution >= 4 is 17.9 Å². The molecule has 7 N–H and O–H groups in total. The second-order valence-electron chi connectivity index (χ2n) is 5.20. The van der Waals surface area contributed by atoms with Gasteiger partial charge in [0.25, 0.3) is 0 Å². The van der Waals surface area contributed by atoms with E-state index in [-0.39, 0.29) is 19.5 Å². The summed E-state index contributed by atoms with van der Waals surface area (Å²) in [5.41, 5.74) is 5.22. The highest BCUT2D eigenvalue weighted by Gasteiger charge is 2.34. The van der Waals surface area contributed by atoms with Crippen LogP contribution in [-0.2, 0) is 14.4 Å². The van der Waals surface area contributed by atoms with Crippen molar-refractivity contribution in [3.63, 3.8) is 0 Å². The van der Waals surface area contributed by atoms with Crippen LogP contribution in [0.25, 0.3) is 0 Å². The molecule has 10 nitrogen and oxygen atoms in total. The van der Waals surface area contributed by atoms with Gasteiger partial charge in [-0.1, -0.05) is 0 Å². The Balaban J connectivity index is 2.41. The molecule has 22 heavy (non-hydrogen) atoms. The van der Waals surface area contributed by atoms with Gasteiger partial charge in [0.15, 0.2) is 0 Å². The van der Waals surface area contributed by atoms with Gasteiger partial charge in [0.1, 0.15) is 18.1 Å². The summed E-state index contributed by atoms with van der Waals surface area (Å²) in [7, 11) is 0. The third-order valence-electron chi connectivity index (χ3n) is 3.69. The lowest BCUT2D eigenvalue weighted by molar-refractivity contribution is -0.148. The molecule has 0 aliphatic carbocycles. The number of hydrogen-bond acceptors (Lipinski definition) is 7. The van der Waals surface area contributed by atoms with E-state index in [0.29, 0.717) is 13.0 Å². The first-order chi connectivity index (χ1) is 10.2. The zero-order valence-electron chi connectivity index (χ0n) is 11.9. The summed E-state index contributed by atoms with van der Waals surface area (Å²) in [5, 5.41) is 38.7. The maximum Gasteiger partial charge on any atom is 0.323 e. The molecular weight excluding hydrogens is 298 g/mol. The lowest BCUT2D eigenvalue weighted by atomic mass is 10.0. The van der Waals surface area contributed by atoms with E-state index in [1.807, 2.05) is 0 Å². The molecule has 0 aromatic rings. The van der Waals surface area contributed by atoms with Crippen LogP contribution in [-0.4, -0.2) is 87.1 Å². The van der Waals surface area contributed by atoms with Crippen molar-refractivity contribution in [1.82, 2.24) is 10.2 Å². The van der Waals surface area contributed by atoms with Crippen LogP contribution in [0.5, 0.6) is 0 Å². The summed E-state index contributed by atoms with van der Waals surface area (Å²) >= 11 is 0. The van der Waals surface area contributed by atoms with E-state index in [0.717, 1.165) is 0 Å². The number of nitrogens with two attached hydrogens (primary N) is 1. The zero-order valence-corrected chi connectivity index (χ0v) is 11.9. The lowest BCUT2D eigenvalue weighted by Gasteiger charge is -2.38. The molecule has 1 heterocycles. The fourth-order valence-electron chi connectivity index (χ4n) is 2.15. The number of nitrogens with one attached hydrogen (secondary N) is 1. The Kier molecular flexibility index (Phi) is 6.68. The summed E-state index contributed by atoms with van der Waals surface area (Å²) in [6, 6.07) is -3.11. The molecule has 1 saturated heterocycles. The van der Waals surface area contributed by atoms with Gasteiger partial charge >= 0.3 is 17.9 Å². The standard InChI is InChI=1S/C12H21N3O7/c13-9(12(21)22)8(16)5-14-6(10(17)18)1-3-15-4-2-7(15)11(19)20/h6-9,14,16H,1-5,13H2,(H,17,18)(H,19,20)(H,21,22). The Bertz CT molecular complexity index is 409. The number of aliphatic hydroxyl groups excluding tert-OH is 1. The van der Waals surface area contributed by atoms with E-state index in [9.17, 15) is 19.5 Å². The smallest absolute Gasteiger partial charge is 0.323 e. The third-order valence-corrected chi connectivity index (χ3v) is 3.69. The minimum absolute atomic E-state index is 0.133. The van der Waals surface area contributed by atoms with Gasteiger partial charge in [-0.25, -0.2) is 0 Å². The Morgan fingerprint density at radius 3 is 2.27 bits per heavy atom. The topological polar surface area (TPSA) is 173 Å². The number of hydrogen-bond donors (Lipinski definition) is 6. The van der Waals surface area contributed by atoms with E-state index in [1.54, 1.807) is 4.90 Å². The molecule has 0 saturated carbocycles. The average molecular weight is 319 g/mol. The molecule has 1 fully saturated rings. The molecule has 10 heteroatoms. The van der Waals surface area contributed by atoms with E-state index in [1.165, 1.54) is 0 Å². The molecule has 0 aromatic heterocycles. The van der Waals surface area contributed by atoms with Crippen LogP contribution in [0.3, 0.4) is 0 Å². The van der Waals surface area contributed by atoms with Gasteiger partial charge in [-0.2, -0.15) is 0 Å². The van der Waals surface area contributed by atoms with E-state index < -0.39 is 42.1 Å². The number of carboxylic acids is 3. The van der Waals surface area contributed by atoms with Gasteiger partial charge in [0, 0.05) is 19.6 Å². The van der Waals surface area contributed by atoms with E-state index >= 15 is 0 Å². The van der Waals surface area contributed by atoms with Crippen LogP contribution in [0.4, 0.5) is 0 Å². The summed E-state index contributed by atoms with van der Waals surface area (Å²) in [5.74, 6) is -3.48. The van der Waals surface area contributed by atoms with E-state index in [4.69, 9.17) is 21.1 Å². The van der Waals surface area contributed by atoms with Crippen LogP contribution in [0.1, 0.15) is 12.8 Å². The lowest BCUT2D eigenvalue weighted by Crippen LogP contribution is -2.54. The van der Waals surface area contributed by atoms with Crippen molar-refractivity contribution in [3.05, 3.63) is 0 Å². The maximum absolute atomic E-state index is 11.1. The molecule has 0 amide bonds.